The van der Waals surface area contributed by atoms with Gasteiger partial charge in [-0.1, -0.05) is 23.7 Å². The lowest BCUT2D eigenvalue weighted by Gasteiger charge is -2.06. The van der Waals surface area contributed by atoms with Crippen LogP contribution in [0.3, 0.4) is 0 Å². The normalized spacial score (nSPS) is 12.4. The van der Waals surface area contributed by atoms with Crippen LogP contribution in [0, 0.1) is 0 Å². The summed E-state index contributed by atoms with van der Waals surface area (Å²) in [4.78, 5) is 10.7. The van der Waals surface area contributed by atoms with Crippen molar-refractivity contribution in [1.29, 1.82) is 0 Å². The average molecular weight is 213 g/mol. The van der Waals surface area contributed by atoms with Crippen molar-refractivity contribution in [1.82, 2.24) is 0 Å². The van der Waals surface area contributed by atoms with E-state index in [4.69, 9.17) is 23.1 Å². The highest BCUT2D eigenvalue weighted by molar-refractivity contribution is 6.30. The van der Waals surface area contributed by atoms with Gasteiger partial charge in [-0.25, -0.2) is 0 Å². The zero-order valence-electron chi connectivity index (χ0n) is 7.74. The maximum absolute atomic E-state index is 10.7. The number of aryl methyl sites for hydroxylation is 1. The molecule has 14 heavy (non-hydrogen) atoms. The second-order valence-electron chi connectivity index (χ2n) is 3.17. The predicted molar refractivity (Wildman–Crippen MR) is 56.9 cm³/mol. The number of hydrogen-bond donors (Lipinski definition) is 2. The van der Waals surface area contributed by atoms with Crippen molar-refractivity contribution in [2.24, 2.45) is 11.5 Å². The van der Waals surface area contributed by atoms with Gasteiger partial charge in [0.25, 0.3) is 0 Å². The Kier molecular flexibility index (Phi) is 3.92. The SMILES string of the molecule is NC(=O)C(N)CCc1ccc(Cl)cc1. The molecule has 4 heteroatoms. The molecule has 0 aliphatic carbocycles. The Hall–Kier alpha value is -1.06. The number of rotatable bonds is 4. The lowest BCUT2D eigenvalue weighted by atomic mass is 10.1. The van der Waals surface area contributed by atoms with Gasteiger partial charge in [-0.05, 0) is 30.5 Å². The van der Waals surface area contributed by atoms with E-state index in [1.165, 1.54) is 0 Å². The molecule has 4 N–H and O–H groups in total. The summed E-state index contributed by atoms with van der Waals surface area (Å²) in [6.45, 7) is 0. The molecule has 76 valence electrons. The molecule has 0 spiro atoms. The van der Waals surface area contributed by atoms with Gasteiger partial charge in [0.2, 0.25) is 5.91 Å². The molecule has 0 radical (unpaired) electrons. The van der Waals surface area contributed by atoms with Gasteiger partial charge in [-0.2, -0.15) is 0 Å². The molecule has 1 aromatic rings. The van der Waals surface area contributed by atoms with Gasteiger partial charge in [0.05, 0.1) is 6.04 Å². The molecule has 1 rings (SSSR count). The van der Waals surface area contributed by atoms with Crippen LogP contribution in [-0.2, 0) is 11.2 Å². The van der Waals surface area contributed by atoms with E-state index in [1.807, 2.05) is 24.3 Å². The second-order valence-corrected chi connectivity index (χ2v) is 3.61. The molecule has 0 saturated heterocycles. The zero-order valence-corrected chi connectivity index (χ0v) is 8.50. The predicted octanol–water partition coefficient (Wildman–Crippen LogP) is 1.09. The Bertz CT molecular complexity index is 310. The van der Waals surface area contributed by atoms with Crippen molar-refractivity contribution < 1.29 is 4.79 Å². The van der Waals surface area contributed by atoms with Crippen LogP contribution >= 0.6 is 11.6 Å². The first-order valence-corrected chi connectivity index (χ1v) is 4.76. The van der Waals surface area contributed by atoms with Gasteiger partial charge in [0.15, 0.2) is 0 Å². The van der Waals surface area contributed by atoms with E-state index in [0.29, 0.717) is 11.4 Å². The standard InChI is InChI=1S/C10H13ClN2O/c11-8-4-1-7(2-5-8)3-6-9(12)10(13)14/h1-2,4-5,9H,3,6,12H2,(H2,13,14). The first kappa shape index (κ1) is 11.0. The van der Waals surface area contributed by atoms with Crippen molar-refractivity contribution in [3.05, 3.63) is 34.9 Å². The number of carbonyl (C=O) groups excluding carboxylic acids is 1. The van der Waals surface area contributed by atoms with E-state index < -0.39 is 11.9 Å². The number of halogens is 1. The summed E-state index contributed by atoms with van der Waals surface area (Å²) in [5.74, 6) is -0.459. The number of amides is 1. The molecule has 1 unspecified atom stereocenters. The number of nitrogens with two attached hydrogens (primary N) is 2. The molecule has 1 amide bonds. The number of benzene rings is 1. The molecule has 0 fully saturated rings. The highest BCUT2D eigenvalue weighted by atomic mass is 35.5. The van der Waals surface area contributed by atoms with Gasteiger partial charge in [-0.15, -0.1) is 0 Å². The highest BCUT2D eigenvalue weighted by Gasteiger charge is 2.08. The minimum absolute atomic E-state index is 0.459. The Balaban J connectivity index is 2.46. The third kappa shape index (κ3) is 3.36. The van der Waals surface area contributed by atoms with Crippen molar-refractivity contribution >= 4 is 17.5 Å². The van der Waals surface area contributed by atoms with Crippen LogP contribution in [0.4, 0.5) is 0 Å². The summed E-state index contributed by atoms with van der Waals surface area (Å²) >= 11 is 5.73. The lowest BCUT2D eigenvalue weighted by molar-refractivity contribution is -0.119. The molecule has 3 nitrogen and oxygen atoms in total. The van der Waals surface area contributed by atoms with Crippen molar-refractivity contribution in [2.75, 3.05) is 0 Å². The fraction of sp³-hybridized carbons (Fsp3) is 0.300. The molecule has 1 aromatic carbocycles. The van der Waals surface area contributed by atoms with E-state index in [-0.39, 0.29) is 0 Å². The van der Waals surface area contributed by atoms with Gasteiger partial charge in [0, 0.05) is 5.02 Å². The molecule has 0 heterocycles. The van der Waals surface area contributed by atoms with Crippen LogP contribution < -0.4 is 11.5 Å². The fourth-order valence-electron chi connectivity index (χ4n) is 1.12. The van der Waals surface area contributed by atoms with E-state index in [1.54, 1.807) is 0 Å². The third-order valence-electron chi connectivity index (χ3n) is 2.02. The molecule has 0 saturated carbocycles. The monoisotopic (exact) mass is 212 g/mol. The Morgan fingerprint density at radius 3 is 2.43 bits per heavy atom. The van der Waals surface area contributed by atoms with Crippen LogP contribution in [-0.4, -0.2) is 11.9 Å². The summed E-state index contributed by atoms with van der Waals surface area (Å²) in [6.07, 6.45) is 1.30. The smallest absolute Gasteiger partial charge is 0.234 e. The summed E-state index contributed by atoms with van der Waals surface area (Å²) < 4.78 is 0. The molecule has 0 aliphatic heterocycles. The topological polar surface area (TPSA) is 69.1 Å². The molecule has 1 atom stereocenters. The minimum atomic E-state index is -0.564. The van der Waals surface area contributed by atoms with Gasteiger partial charge in [-0.3, -0.25) is 4.79 Å². The summed E-state index contributed by atoms with van der Waals surface area (Å²) in [7, 11) is 0. The first-order valence-electron chi connectivity index (χ1n) is 4.39. The quantitative estimate of drug-likeness (QED) is 0.785. The van der Waals surface area contributed by atoms with E-state index >= 15 is 0 Å². The van der Waals surface area contributed by atoms with Crippen molar-refractivity contribution in [3.63, 3.8) is 0 Å². The van der Waals surface area contributed by atoms with Gasteiger partial charge >= 0.3 is 0 Å². The summed E-state index contributed by atoms with van der Waals surface area (Å²) in [5.41, 5.74) is 11.6. The minimum Gasteiger partial charge on any atom is -0.368 e. The number of hydrogen-bond acceptors (Lipinski definition) is 2. The summed E-state index contributed by atoms with van der Waals surface area (Å²) in [6, 6.07) is 6.89. The number of carbonyl (C=O) groups is 1. The van der Waals surface area contributed by atoms with E-state index in [2.05, 4.69) is 0 Å². The van der Waals surface area contributed by atoms with Gasteiger partial charge < -0.3 is 11.5 Å². The Morgan fingerprint density at radius 2 is 1.93 bits per heavy atom. The maximum atomic E-state index is 10.7. The number of primary amides is 1. The van der Waals surface area contributed by atoms with Crippen LogP contribution in [0.25, 0.3) is 0 Å². The van der Waals surface area contributed by atoms with Crippen LogP contribution in [0.15, 0.2) is 24.3 Å². The van der Waals surface area contributed by atoms with Crippen LogP contribution in [0.2, 0.25) is 5.02 Å². The van der Waals surface area contributed by atoms with Crippen LogP contribution in [0.5, 0.6) is 0 Å². The second kappa shape index (κ2) is 4.98. The summed E-state index contributed by atoms with van der Waals surface area (Å²) in [5, 5.41) is 0.702. The average Bonchev–Trinajstić information content (AvgIpc) is 2.16. The Morgan fingerprint density at radius 1 is 1.36 bits per heavy atom. The van der Waals surface area contributed by atoms with Gasteiger partial charge in [0.1, 0.15) is 0 Å². The van der Waals surface area contributed by atoms with Crippen molar-refractivity contribution in [3.8, 4) is 0 Å². The first-order chi connectivity index (χ1) is 6.59. The van der Waals surface area contributed by atoms with E-state index in [9.17, 15) is 4.79 Å². The molecule has 0 aromatic heterocycles. The molecular weight excluding hydrogens is 200 g/mol. The maximum Gasteiger partial charge on any atom is 0.234 e. The molecule has 0 aliphatic rings. The fourth-order valence-corrected chi connectivity index (χ4v) is 1.24. The molecule has 0 bridgehead atoms. The highest BCUT2D eigenvalue weighted by Crippen LogP contribution is 2.11. The van der Waals surface area contributed by atoms with E-state index in [0.717, 1.165) is 12.0 Å². The third-order valence-corrected chi connectivity index (χ3v) is 2.27. The molecular formula is C10H13ClN2O. The zero-order chi connectivity index (χ0) is 10.6. The van der Waals surface area contributed by atoms with Crippen molar-refractivity contribution in [2.45, 2.75) is 18.9 Å². The Labute approximate surface area is 88.0 Å². The lowest BCUT2D eigenvalue weighted by Crippen LogP contribution is -2.36. The largest absolute Gasteiger partial charge is 0.368 e. The van der Waals surface area contributed by atoms with Crippen LogP contribution in [0.1, 0.15) is 12.0 Å².